The second-order valence-electron chi connectivity index (χ2n) is 19.4. The average molecular weight is 879 g/mol. The third-order valence-corrected chi connectivity index (χ3v) is 15.5. The van der Waals surface area contributed by atoms with E-state index in [4.69, 9.17) is 4.98 Å². The van der Waals surface area contributed by atoms with Crippen molar-refractivity contribution in [2.24, 2.45) is 0 Å². The van der Waals surface area contributed by atoms with Gasteiger partial charge in [0.2, 0.25) is 0 Å². The van der Waals surface area contributed by atoms with E-state index in [1.807, 2.05) is 0 Å². The molecule has 0 saturated heterocycles. The molecule has 0 amide bonds. The van der Waals surface area contributed by atoms with Gasteiger partial charge in [-0.3, -0.25) is 4.98 Å². The molecular formula is C67H46N2. The number of hydrogen-bond donors (Lipinski definition) is 0. The molecule has 3 aliphatic rings. The summed E-state index contributed by atoms with van der Waals surface area (Å²) in [6.07, 6.45) is 2.13. The van der Waals surface area contributed by atoms with Crippen LogP contribution in [-0.2, 0) is 10.8 Å². The first-order valence-electron chi connectivity index (χ1n) is 24.1. The molecule has 3 aliphatic carbocycles. The van der Waals surface area contributed by atoms with Crippen molar-refractivity contribution in [3.63, 3.8) is 0 Å². The van der Waals surface area contributed by atoms with Gasteiger partial charge < -0.3 is 4.90 Å². The molecule has 2 heteroatoms. The molecule has 0 atom stereocenters. The third kappa shape index (κ3) is 5.58. The van der Waals surface area contributed by atoms with Crippen molar-refractivity contribution < 1.29 is 0 Å². The monoisotopic (exact) mass is 878 g/mol. The van der Waals surface area contributed by atoms with Crippen molar-refractivity contribution in [1.29, 1.82) is 0 Å². The summed E-state index contributed by atoms with van der Waals surface area (Å²) in [5, 5.41) is 2.23. The number of pyridine rings is 1. The lowest BCUT2D eigenvalue weighted by molar-refractivity contribution is 0.660. The summed E-state index contributed by atoms with van der Waals surface area (Å²) in [5.41, 5.74) is 25.1. The molecule has 14 rings (SSSR count). The minimum absolute atomic E-state index is 0.0759. The first-order chi connectivity index (χ1) is 34.0. The number of fused-ring (bicyclic) bond motifs is 14. The Morgan fingerprint density at radius 1 is 0.333 bits per heavy atom. The van der Waals surface area contributed by atoms with Crippen LogP contribution in [-0.4, -0.2) is 4.98 Å². The zero-order valence-electron chi connectivity index (χ0n) is 38.5. The Morgan fingerprint density at radius 2 is 0.841 bits per heavy atom. The predicted octanol–water partition coefficient (Wildman–Crippen LogP) is 17.4. The zero-order valence-corrected chi connectivity index (χ0v) is 38.5. The fourth-order valence-corrected chi connectivity index (χ4v) is 12.6. The SMILES string of the molecule is CC1(C)c2ccccc2-c2cc(-c3ncc(N(c4ccc5c(c4)C4(c6ccccc6-c6ccccc64)c4ccccc4-5)c4cccc(-c5ccccc5)c4-c4ccccc4)c4ccccc34)ccc21. The molecule has 0 fully saturated rings. The maximum Gasteiger partial charge on any atom is 0.0782 e. The quantitative estimate of drug-likeness (QED) is 0.165. The molecule has 1 spiro atoms. The van der Waals surface area contributed by atoms with Gasteiger partial charge >= 0.3 is 0 Å². The summed E-state index contributed by atoms with van der Waals surface area (Å²) < 4.78 is 0. The molecular weight excluding hydrogens is 833 g/mol. The van der Waals surface area contributed by atoms with Gasteiger partial charge in [-0.05, 0) is 108 Å². The molecule has 10 aromatic carbocycles. The van der Waals surface area contributed by atoms with E-state index in [0.29, 0.717) is 0 Å². The van der Waals surface area contributed by atoms with E-state index in [9.17, 15) is 0 Å². The normalized spacial score (nSPS) is 13.9. The largest absolute Gasteiger partial charge is 0.308 e. The van der Waals surface area contributed by atoms with Crippen LogP contribution >= 0.6 is 0 Å². The number of anilines is 3. The minimum Gasteiger partial charge on any atom is -0.308 e. The molecule has 0 saturated carbocycles. The highest BCUT2D eigenvalue weighted by Crippen LogP contribution is 2.63. The zero-order chi connectivity index (χ0) is 45.8. The van der Waals surface area contributed by atoms with Crippen LogP contribution in [0.15, 0.2) is 243 Å². The van der Waals surface area contributed by atoms with Crippen LogP contribution < -0.4 is 4.90 Å². The lowest BCUT2D eigenvalue weighted by Gasteiger charge is -2.33. The van der Waals surface area contributed by atoms with Crippen molar-refractivity contribution in [3.8, 4) is 66.9 Å². The molecule has 0 radical (unpaired) electrons. The van der Waals surface area contributed by atoms with Crippen molar-refractivity contribution >= 4 is 27.8 Å². The topological polar surface area (TPSA) is 16.1 Å². The van der Waals surface area contributed by atoms with E-state index < -0.39 is 5.41 Å². The van der Waals surface area contributed by atoms with Gasteiger partial charge in [-0.2, -0.15) is 0 Å². The number of rotatable bonds is 6. The Morgan fingerprint density at radius 3 is 1.49 bits per heavy atom. The van der Waals surface area contributed by atoms with Crippen LogP contribution in [0.5, 0.6) is 0 Å². The van der Waals surface area contributed by atoms with Gasteiger partial charge in [-0.15, -0.1) is 0 Å². The van der Waals surface area contributed by atoms with Crippen molar-refractivity contribution in [2.75, 3.05) is 4.90 Å². The molecule has 0 N–H and O–H groups in total. The highest BCUT2D eigenvalue weighted by molar-refractivity contribution is 6.08. The van der Waals surface area contributed by atoms with E-state index in [1.54, 1.807) is 0 Å². The van der Waals surface area contributed by atoms with Crippen LogP contribution in [0.4, 0.5) is 17.1 Å². The maximum absolute atomic E-state index is 5.54. The van der Waals surface area contributed by atoms with Gasteiger partial charge in [0.1, 0.15) is 0 Å². The van der Waals surface area contributed by atoms with Crippen LogP contribution in [0.2, 0.25) is 0 Å². The van der Waals surface area contributed by atoms with Gasteiger partial charge in [0.15, 0.2) is 0 Å². The Kier molecular flexibility index (Phi) is 8.58. The first-order valence-corrected chi connectivity index (χ1v) is 24.1. The fraction of sp³-hybridized carbons (Fsp3) is 0.0597. The van der Waals surface area contributed by atoms with Crippen LogP contribution in [0.25, 0.3) is 77.7 Å². The highest BCUT2D eigenvalue weighted by Gasteiger charge is 2.51. The molecule has 1 heterocycles. The first kappa shape index (κ1) is 39.6. The van der Waals surface area contributed by atoms with Crippen molar-refractivity contribution in [2.45, 2.75) is 24.7 Å². The molecule has 0 bridgehead atoms. The molecule has 2 nitrogen and oxygen atoms in total. The fourth-order valence-electron chi connectivity index (χ4n) is 12.6. The summed E-state index contributed by atoms with van der Waals surface area (Å²) in [6, 6.07) is 87.7. The third-order valence-electron chi connectivity index (χ3n) is 15.5. The number of nitrogens with zero attached hydrogens (tertiary/aromatic N) is 2. The summed E-state index contributed by atoms with van der Waals surface area (Å²) in [7, 11) is 0. The summed E-state index contributed by atoms with van der Waals surface area (Å²) in [4.78, 5) is 8.04. The highest BCUT2D eigenvalue weighted by atomic mass is 15.2. The molecule has 1 aromatic heterocycles. The second kappa shape index (κ2) is 15.0. The Balaban J connectivity index is 1.05. The van der Waals surface area contributed by atoms with Gasteiger partial charge in [0.25, 0.3) is 0 Å². The Labute approximate surface area is 403 Å². The van der Waals surface area contributed by atoms with Crippen molar-refractivity contribution in [3.05, 3.63) is 276 Å². The van der Waals surface area contributed by atoms with Gasteiger partial charge in [0, 0.05) is 33.0 Å². The summed E-state index contributed by atoms with van der Waals surface area (Å²) in [6.45, 7) is 4.68. The van der Waals surface area contributed by atoms with E-state index >= 15 is 0 Å². The smallest absolute Gasteiger partial charge is 0.0782 e. The summed E-state index contributed by atoms with van der Waals surface area (Å²) in [5.74, 6) is 0. The number of benzene rings is 10. The molecule has 324 valence electrons. The minimum atomic E-state index is -0.500. The van der Waals surface area contributed by atoms with E-state index in [1.165, 1.54) is 77.9 Å². The second-order valence-corrected chi connectivity index (χ2v) is 19.4. The van der Waals surface area contributed by atoms with Crippen LogP contribution in [0.3, 0.4) is 0 Å². The maximum atomic E-state index is 5.54. The Hall–Kier alpha value is -8.59. The summed E-state index contributed by atoms with van der Waals surface area (Å²) >= 11 is 0. The van der Waals surface area contributed by atoms with Crippen molar-refractivity contribution in [1.82, 2.24) is 4.98 Å². The molecule has 11 aromatic rings. The number of aromatic nitrogens is 1. The van der Waals surface area contributed by atoms with E-state index in [-0.39, 0.29) is 5.41 Å². The van der Waals surface area contributed by atoms with Crippen LogP contribution in [0.1, 0.15) is 47.2 Å². The molecule has 0 unspecified atom stereocenters. The molecule has 69 heavy (non-hydrogen) atoms. The standard InChI is InChI=1S/C67H46N2/c1-66(2)56-31-15-11-27-51(56)55-40-45(36-39-57(55)66)65-54-29-10-9-28-53(54)63(42-68-65)69(62-35-19-30-47(43-20-5-3-6-21-43)64(62)44-22-7-4-8-23-44)46-37-38-52-50-26-14-18-34-60(50)67(61(52)41-46)58-32-16-12-24-48(58)49-25-13-17-33-59(49)67/h3-42H,1-2H3. The number of hydrogen-bond acceptors (Lipinski definition) is 2. The van der Waals surface area contributed by atoms with E-state index in [0.717, 1.165) is 50.2 Å². The average Bonchev–Trinajstić information content (AvgIpc) is 3.97. The van der Waals surface area contributed by atoms with Gasteiger partial charge in [-0.25, -0.2) is 0 Å². The predicted molar refractivity (Wildman–Crippen MR) is 287 cm³/mol. The lowest BCUT2D eigenvalue weighted by Crippen LogP contribution is -2.26. The van der Waals surface area contributed by atoms with Gasteiger partial charge in [-0.1, -0.05) is 226 Å². The van der Waals surface area contributed by atoms with E-state index in [2.05, 4.69) is 262 Å². The molecule has 0 aliphatic heterocycles. The lowest BCUT2D eigenvalue weighted by atomic mass is 9.70. The van der Waals surface area contributed by atoms with Crippen LogP contribution in [0, 0.1) is 0 Å². The van der Waals surface area contributed by atoms with Gasteiger partial charge in [0.05, 0.1) is 28.7 Å². The Bertz CT molecular complexity index is 3820.